The van der Waals surface area contributed by atoms with E-state index in [9.17, 15) is 9.59 Å². The number of hydrogen-bond donors (Lipinski definition) is 4. The Bertz CT molecular complexity index is 966. The van der Waals surface area contributed by atoms with Gasteiger partial charge in [0, 0.05) is 18.7 Å². The Kier molecular flexibility index (Phi) is 9.71. The van der Waals surface area contributed by atoms with Gasteiger partial charge in [-0.2, -0.15) is 0 Å². The van der Waals surface area contributed by atoms with Crippen LogP contribution in [0.4, 0.5) is 0 Å². The first kappa shape index (κ1) is 25.7. The van der Waals surface area contributed by atoms with E-state index in [-0.39, 0.29) is 29.4 Å². The number of rotatable bonds is 12. The van der Waals surface area contributed by atoms with Crippen molar-refractivity contribution in [2.45, 2.75) is 46.1 Å². The molecule has 1 unspecified atom stereocenters. The molecule has 2 amide bonds. The number of nitrogens with zero attached hydrogens (tertiary/aromatic N) is 2. The highest BCUT2D eigenvalue weighted by Gasteiger charge is 2.25. The van der Waals surface area contributed by atoms with Gasteiger partial charge in [-0.3, -0.25) is 14.6 Å². The Morgan fingerprint density at radius 2 is 1.97 bits per heavy atom. The van der Waals surface area contributed by atoms with Gasteiger partial charge in [0.25, 0.3) is 11.8 Å². The number of nitrogens with one attached hydrogen (secondary N) is 2. The monoisotopic (exact) mass is 458 g/mol. The third-order valence-electron chi connectivity index (χ3n) is 4.84. The highest BCUT2D eigenvalue weighted by atomic mass is 16.5. The summed E-state index contributed by atoms with van der Waals surface area (Å²) >= 11 is 0. The normalized spacial score (nSPS) is 11.7. The number of nitrogens with two attached hydrogens (primary N) is 2. The molecule has 180 valence electrons. The molecule has 10 heteroatoms. The molecule has 0 spiro atoms. The van der Waals surface area contributed by atoms with Crippen LogP contribution in [0.15, 0.2) is 33.7 Å². The summed E-state index contributed by atoms with van der Waals surface area (Å²) in [6.07, 6.45) is 2.06. The smallest absolute Gasteiger partial charge is 0.273 e. The summed E-state index contributed by atoms with van der Waals surface area (Å²) in [7, 11) is 1.55. The first-order valence-electron chi connectivity index (χ1n) is 11.0. The van der Waals surface area contributed by atoms with Gasteiger partial charge < -0.3 is 31.3 Å². The van der Waals surface area contributed by atoms with Crippen LogP contribution in [0.25, 0.3) is 0 Å². The fourth-order valence-corrected chi connectivity index (χ4v) is 3.21. The van der Waals surface area contributed by atoms with Crippen molar-refractivity contribution < 1.29 is 18.7 Å². The molecule has 1 aromatic carbocycles. The molecule has 1 aromatic heterocycles. The van der Waals surface area contributed by atoms with Gasteiger partial charge in [-0.15, -0.1) is 0 Å². The summed E-state index contributed by atoms with van der Waals surface area (Å²) in [5.74, 6) is 0.999. The van der Waals surface area contributed by atoms with Crippen LogP contribution in [0.5, 0.6) is 5.75 Å². The summed E-state index contributed by atoms with van der Waals surface area (Å²) in [5, 5.41) is 5.80. The zero-order valence-corrected chi connectivity index (χ0v) is 19.7. The van der Waals surface area contributed by atoms with Crippen molar-refractivity contribution in [3.63, 3.8) is 0 Å². The SMILES string of the molecule is COc1cccc(C(=O)NC(CC(C)C)c2nc(C(=O)NCCCCN=C(N)N)c(C)o2)c1. The van der Waals surface area contributed by atoms with Gasteiger partial charge in [0.05, 0.1) is 7.11 Å². The number of oxazole rings is 1. The van der Waals surface area contributed by atoms with E-state index in [1.54, 1.807) is 38.3 Å². The molecule has 6 N–H and O–H groups in total. The van der Waals surface area contributed by atoms with Crippen molar-refractivity contribution in [2.24, 2.45) is 22.4 Å². The second-order valence-corrected chi connectivity index (χ2v) is 8.11. The number of ether oxygens (including phenoxy) is 1. The molecule has 10 nitrogen and oxygen atoms in total. The van der Waals surface area contributed by atoms with E-state index in [2.05, 4.69) is 20.6 Å². The van der Waals surface area contributed by atoms with Gasteiger partial charge in [0.15, 0.2) is 11.7 Å². The number of aryl methyl sites for hydroxylation is 1. The summed E-state index contributed by atoms with van der Waals surface area (Å²) < 4.78 is 11.0. The van der Waals surface area contributed by atoms with Gasteiger partial charge in [-0.25, -0.2) is 4.98 Å². The van der Waals surface area contributed by atoms with Gasteiger partial charge in [-0.1, -0.05) is 19.9 Å². The van der Waals surface area contributed by atoms with Gasteiger partial charge >= 0.3 is 0 Å². The summed E-state index contributed by atoms with van der Waals surface area (Å²) in [6, 6.07) is 6.40. The molecule has 0 aliphatic carbocycles. The number of benzene rings is 1. The van der Waals surface area contributed by atoms with Crippen LogP contribution in [0.1, 0.15) is 71.6 Å². The molecule has 2 rings (SSSR count). The third-order valence-corrected chi connectivity index (χ3v) is 4.84. The Hall–Kier alpha value is -3.56. The van der Waals surface area contributed by atoms with Crippen LogP contribution in [-0.4, -0.2) is 43.0 Å². The fourth-order valence-electron chi connectivity index (χ4n) is 3.21. The maximum absolute atomic E-state index is 12.8. The lowest BCUT2D eigenvalue weighted by atomic mass is 10.0. The average Bonchev–Trinajstić information content (AvgIpc) is 3.16. The van der Waals surface area contributed by atoms with Crippen molar-refractivity contribution in [1.29, 1.82) is 0 Å². The molecule has 0 saturated carbocycles. The first-order valence-corrected chi connectivity index (χ1v) is 11.0. The minimum atomic E-state index is -0.483. The van der Waals surface area contributed by atoms with Crippen molar-refractivity contribution in [3.8, 4) is 5.75 Å². The number of unbranched alkanes of at least 4 members (excludes halogenated alkanes) is 1. The van der Waals surface area contributed by atoms with Crippen LogP contribution in [0.2, 0.25) is 0 Å². The molecule has 0 saturated heterocycles. The molecule has 0 radical (unpaired) electrons. The maximum atomic E-state index is 12.8. The number of amides is 2. The molecule has 2 aromatic rings. The van der Waals surface area contributed by atoms with Crippen LogP contribution >= 0.6 is 0 Å². The molecular weight excluding hydrogens is 424 g/mol. The summed E-state index contributed by atoms with van der Waals surface area (Å²) in [6.45, 7) is 6.73. The third kappa shape index (κ3) is 8.13. The molecular formula is C23H34N6O4. The van der Waals surface area contributed by atoms with E-state index in [0.717, 1.165) is 12.8 Å². The molecule has 0 aliphatic rings. The quantitative estimate of drug-likeness (QED) is 0.216. The summed E-state index contributed by atoms with van der Waals surface area (Å²) in [5.41, 5.74) is 11.2. The minimum Gasteiger partial charge on any atom is -0.497 e. The number of carbonyl (C=O) groups is 2. The van der Waals surface area contributed by atoms with Crippen molar-refractivity contribution in [1.82, 2.24) is 15.6 Å². The van der Waals surface area contributed by atoms with E-state index in [1.807, 2.05) is 13.8 Å². The Labute approximate surface area is 194 Å². The van der Waals surface area contributed by atoms with E-state index >= 15 is 0 Å². The number of carbonyl (C=O) groups excluding carboxylic acids is 2. The molecule has 1 heterocycles. The molecule has 33 heavy (non-hydrogen) atoms. The number of methoxy groups -OCH3 is 1. The average molecular weight is 459 g/mol. The highest BCUT2D eigenvalue weighted by Crippen LogP contribution is 2.24. The first-order chi connectivity index (χ1) is 15.7. The summed E-state index contributed by atoms with van der Waals surface area (Å²) in [4.78, 5) is 33.7. The number of hydrogen-bond acceptors (Lipinski definition) is 6. The largest absolute Gasteiger partial charge is 0.497 e. The highest BCUT2D eigenvalue weighted by molar-refractivity contribution is 5.95. The second kappa shape index (κ2) is 12.5. The van der Waals surface area contributed by atoms with Gasteiger partial charge in [-0.05, 0) is 50.3 Å². The van der Waals surface area contributed by atoms with E-state index in [0.29, 0.717) is 42.5 Å². The lowest BCUT2D eigenvalue weighted by Crippen LogP contribution is -2.30. The Balaban J connectivity index is 2.06. The van der Waals surface area contributed by atoms with E-state index in [4.69, 9.17) is 20.6 Å². The molecule has 0 fully saturated rings. The maximum Gasteiger partial charge on any atom is 0.273 e. The van der Waals surface area contributed by atoms with Crippen LogP contribution in [0.3, 0.4) is 0 Å². The standard InChI is InChI=1S/C23H34N6O4/c1-14(2)12-18(28-20(30)16-8-7-9-17(13-16)32-4)22-29-19(15(3)33-22)21(31)26-10-5-6-11-27-23(24)25/h7-9,13-14,18H,5-6,10-12H2,1-4H3,(H,26,31)(H,28,30)(H4,24,25,27). The number of guanidine groups is 1. The lowest BCUT2D eigenvalue weighted by Gasteiger charge is -2.18. The van der Waals surface area contributed by atoms with Crippen molar-refractivity contribution in [2.75, 3.05) is 20.2 Å². The zero-order chi connectivity index (χ0) is 24.4. The minimum absolute atomic E-state index is 0.0548. The second-order valence-electron chi connectivity index (χ2n) is 8.11. The zero-order valence-electron chi connectivity index (χ0n) is 19.7. The predicted octanol–water partition coefficient (Wildman–Crippen LogP) is 2.29. The number of aliphatic imine (C=N–C) groups is 1. The molecule has 0 bridgehead atoms. The van der Waals surface area contributed by atoms with Crippen LogP contribution in [-0.2, 0) is 0 Å². The van der Waals surface area contributed by atoms with E-state index in [1.165, 1.54) is 0 Å². The Morgan fingerprint density at radius 3 is 2.64 bits per heavy atom. The predicted molar refractivity (Wildman–Crippen MR) is 126 cm³/mol. The topological polar surface area (TPSA) is 158 Å². The fraction of sp³-hybridized carbons (Fsp3) is 0.478. The van der Waals surface area contributed by atoms with Gasteiger partial charge in [0.1, 0.15) is 17.6 Å². The van der Waals surface area contributed by atoms with Gasteiger partial charge in [0.2, 0.25) is 5.89 Å². The van der Waals surface area contributed by atoms with Crippen LogP contribution < -0.4 is 26.8 Å². The van der Waals surface area contributed by atoms with Crippen LogP contribution in [0, 0.1) is 12.8 Å². The molecule has 1 atom stereocenters. The number of aromatic nitrogens is 1. The lowest BCUT2D eigenvalue weighted by molar-refractivity contribution is 0.0922. The Morgan fingerprint density at radius 1 is 1.21 bits per heavy atom. The van der Waals surface area contributed by atoms with Crippen molar-refractivity contribution in [3.05, 3.63) is 47.2 Å². The molecule has 0 aliphatic heterocycles. The van der Waals surface area contributed by atoms with Crippen molar-refractivity contribution >= 4 is 17.8 Å². The van der Waals surface area contributed by atoms with E-state index < -0.39 is 6.04 Å².